The Hall–Kier alpha value is -1.58. The van der Waals surface area contributed by atoms with Crippen molar-refractivity contribution in [3.8, 4) is 0 Å². The number of ether oxygens (including phenoxy) is 1. The standard InChI is InChI=1S/C15H20FNO2/c1-10(11-5-3-4-6-11)17-12-7-8-14(16)13(9-12)15(18)19-2/h7-11,17H,3-6H2,1-2H3. The molecule has 0 heterocycles. The second-order valence-electron chi connectivity index (χ2n) is 5.16. The topological polar surface area (TPSA) is 38.3 Å². The van der Waals surface area contributed by atoms with Crippen LogP contribution in [0.15, 0.2) is 18.2 Å². The Morgan fingerprint density at radius 3 is 2.74 bits per heavy atom. The Morgan fingerprint density at radius 1 is 1.42 bits per heavy atom. The molecule has 0 aromatic heterocycles. The van der Waals surface area contributed by atoms with Crippen LogP contribution in [0.2, 0.25) is 0 Å². The first-order valence-electron chi connectivity index (χ1n) is 6.76. The lowest BCUT2D eigenvalue weighted by molar-refractivity contribution is 0.0595. The Bertz CT molecular complexity index is 455. The molecule has 4 heteroatoms. The molecule has 19 heavy (non-hydrogen) atoms. The fourth-order valence-corrected chi connectivity index (χ4v) is 2.72. The number of halogens is 1. The number of methoxy groups -OCH3 is 1. The molecule has 0 saturated heterocycles. The Labute approximate surface area is 113 Å². The van der Waals surface area contributed by atoms with E-state index in [1.165, 1.54) is 44.9 Å². The summed E-state index contributed by atoms with van der Waals surface area (Å²) < 4.78 is 18.1. The lowest BCUT2D eigenvalue weighted by atomic mass is 9.99. The minimum atomic E-state index is -0.644. The van der Waals surface area contributed by atoms with Gasteiger partial charge in [-0.2, -0.15) is 0 Å². The number of benzene rings is 1. The summed E-state index contributed by atoms with van der Waals surface area (Å²) in [6, 6.07) is 4.81. The van der Waals surface area contributed by atoms with Crippen molar-refractivity contribution in [2.45, 2.75) is 38.6 Å². The van der Waals surface area contributed by atoms with E-state index < -0.39 is 11.8 Å². The number of anilines is 1. The van der Waals surface area contributed by atoms with Crippen molar-refractivity contribution in [2.75, 3.05) is 12.4 Å². The zero-order valence-corrected chi connectivity index (χ0v) is 11.4. The van der Waals surface area contributed by atoms with E-state index in [1.807, 2.05) is 0 Å². The third-order valence-electron chi connectivity index (χ3n) is 3.87. The van der Waals surface area contributed by atoms with E-state index in [1.54, 1.807) is 6.07 Å². The van der Waals surface area contributed by atoms with Crippen molar-refractivity contribution >= 4 is 11.7 Å². The van der Waals surface area contributed by atoms with Crippen LogP contribution in [0.25, 0.3) is 0 Å². The molecule has 0 bridgehead atoms. The number of rotatable bonds is 4. The van der Waals surface area contributed by atoms with Crippen molar-refractivity contribution in [1.29, 1.82) is 0 Å². The highest BCUT2D eigenvalue weighted by molar-refractivity contribution is 5.90. The van der Waals surface area contributed by atoms with Crippen molar-refractivity contribution in [2.24, 2.45) is 5.92 Å². The normalized spacial score (nSPS) is 17.2. The number of hydrogen-bond donors (Lipinski definition) is 1. The van der Waals surface area contributed by atoms with E-state index in [2.05, 4.69) is 17.0 Å². The number of carbonyl (C=O) groups excluding carboxylic acids is 1. The van der Waals surface area contributed by atoms with Crippen LogP contribution in [0.4, 0.5) is 10.1 Å². The summed E-state index contributed by atoms with van der Waals surface area (Å²) >= 11 is 0. The third kappa shape index (κ3) is 3.25. The fourth-order valence-electron chi connectivity index (χ4n) is 2.72. The number of carbonyl (C=O) groups is 1. The number of hydrogen-bond acceptors (Lipinski definition) is 3. The van der Waals surface area contributed by atoms with Crippen LogP contribution >= 0.6 is 0 Å². The second kappa shape index (κ2) is 6.04. The lowest BCUT2D eigenvalue weighted by Gasteiger charge is -2.21. The first-order valence-corrected chi connectivity index (χ1v) is 6.76. The molecule has 0 spiro atoms. The van der Waals surface area contributed by atoms with Gasteiger partial charge in [0.1, 0.15) is 5.82 Å². The van der Waals surface area contributed by atoms with Gasteiger partial charge in [-0.05, 0) is 43.9 Å². The maximum Gasteiger partial charge on any atom is 0.340 e. The van der Waals surface area contributed by atoms with Gasteiger partial charge in [0.05, 0.1) is 12.7 Å². The zero-order valence-electron chi connectivity index (χ0n) is 11.4. The average molecular weight is 265 g/mol. The van der Waals surface area contributed by atoms with Gasteiger partial charge in [-0.3, -0.25) is 0 Å². The van der Waals surface area contributed by atoms with E-state index in [0.717, 1.165) is 5.69 Å². The third-order valence-corrected chi connectivity index (χ3v) is 3.87. The van der Waals surface area contributed by atoms with Crippen LogP contribution in [0, 0.1) is 11.7 Å². The van der Waals surface area contributed by atoms with Crippen molar-refractivity contribution < 1.29 is 13.9 Å². The molecule has 0 amide bonds. The van der Waals surface area contributed by atoms with Crippen LogP contribution in [0.5, 0.6) is 0 Å². The van der Waals surface area contributed by atoms with Crippen LogP contribution in [0.3, 0.4) is 0 Å². The van der Waals surface area contributed by atoms with Gasteiger partial charge in [0, 0.05) is 11.7 Å². The summed E-state index contributed by atoms with van der Waals surface area (Å²) in [6.45, 7) is 2.14. The van der Waals surface area contributed by atoms with Crippen molar-refractivity contribution in [3.05, 3.63) is 29.6 Å². The number of nitrogens with one attached hydrogen (secondary N) is 1. The van der Waals surface area contributed by atoms with Crippen LogP contribution in [-0.2, 0) is 4.74 Å². The first-order chi connectivity index (χ1) is 9.11. The van der Waals surface area contributed by atoms with Crippen LogP contribution in [0.1, 0.15) is 43.0 Å². The predicted molar refractivity (Wildman–Crippen MR) is 72.8 cm³/mol. The maximum absolute atomic E-state index is 13.5. The van der Waals surface area contributed by atoms with E-state index in [9.17, 15) is 9.18 Å². The van der Waals surface area contributed by atoms with E-state index >= 15 is 0 Å². The molecule has 0 radical (unpaired) electrons. The van der Waals surface area contributed by atoms with Crippen LogP contribution < -0.4 is 5.32 Å². The van der Waals surface area contributed by atoms with Gasteiger partial charge in [-0.15, -0.1) is 0 Å². The highest BCUT2D eigenvalue weighted by atomic mass is 19.1. The van der Waals surface area contributed by atoms with Crippen molar-refractivity contribution in [1.82, 2.24) is 0 Å². The Kier molecular flexibility index (Phi) is 4.40. The molecular formula is C15H20FNO2. The highest BCUT2D eigenvalue weighted by Gasteiger charge is 2.22. The van der Waals surface area contributed by atoms with E-state index in [4.69, 9.17) is 0 Å². The highest BCUT2D eigenvalue weighted by Crippen LogP contribution is 2.29. The summed E-state index contributed by atoms with van der Waals surface area (Å²) in [7, 11) is 1.25. The smallest absolute Gasteiger partial charge is 0.340 e. The molecule has 1 unspecified atom stereocenters. The maximum atomic E-state index is 13.5. The largest absolute Gasteiger partial charge is 0.465 e. The summed E-state index contributed by atoms with van der Waals surface area (Å²) in [4.78, 5) is 11.4. The molecule has 3 nitrogen and oxygen atoms in total. The van der Waals surface area contributed by atoms with Crippen molar-refractivity contribution in [3.63, 3.8) is 0 Å². The zero-order chi connectivity index (χ0) is 13.8. The molecule has 104 valence electrons. The first kappa shape index (κ1) is 13.8. The van der Waals surface area contributed by atoms with Gasteiger partial charge >= 0.3 is 5.97 Å². The minimum absolute atomic E-state index is 0.0221. The summed E-state index contributed by atoms with van der Waals surface area (Å²) in [5, 5.41) is 3.36. The Morgan fingerprint density at radius 2 is 2.11 bits per heavy atom. The molecule has 1 N–H and O–H groups in total. The predicted octanol–water partition coefficient (Wildman–Crippen LogP) is 3.60. The van der Waals surface area contributed by atoms with Gasteiger partial charge in [0.25, 0.3) is 0 Å². The van der Waals surface area contributed by atoms with E-state index in [0.29, 0.717) is 12.0 Å². The van der Waals surface area contributed by atoms with Gasteiger partial charge < -0.3 is 10.1 Å². The monoisotopic (exact) mass is 265 g/mol. The van der Waals surface area contributed by atoms with Crippen LogP contribution in [-0.4, -0.2) is 19.1 Å². The second-order valence-corrected chi connectivity index (χ2v) is 5.16. The minimum Gasteiger partial charge on any atom is -0.465 e. The fraction of sp³-hybridized carbons (Fsp3) is 0.533. The molecule has 1 aromatic carbocycles. The molecule has 1 fully saturated rings. The van der Waals surface area contributed by atoms with Gasteiger partial charge in [0.15, 0.2) is 0 Å². The average Bonchev–Trinajstić information content (AvgIpc) is 2.94. The van der Waals surface area contributed by atoms with Gasteiger partial charge in [0.2, 0.25) is 0 Å². The molecule has 1 aromatic rings. The molecule has 0 aliphatic heterocycles. The Balaban J connectivity index is 2.10. The van der Waals surface area contributed by atoms with E-state index in [-0.39, 0.29) is 5.56 Å². The summed E-state index contributed by atoms with van der Waals surface area (Å²) in [6.07, 6.45) is 5.04. The molecular weight excluding hydrogens is 245 g/mol. The molecule has 1 saturated carbocycles. The lowest BCUT2D eigenvalue weighted by Crippen LogP contribution is -2.24. The molecule has 2 rings (SSSR count). The van der Waals surface area contributed by atoms with Gasteiger partial charge in [-0.1, -0.05) is 12.8 Å². The molecule has 1 aliphatic carbocycles. The number of esters is 1. The molecule has 1 atom stereocenters. The quantitative estimate of drug-likeness (QED) is 0.845. The SMILES string of the molecule is COC(=O)c1cc(NC(C)C2CCCC2)ccc1F. The summed E-state index contributed by atoms with van der Waals surface area (Å²) in [5.74, 6) is -0.535. The molecule has 1 aliphatic rings. The summed E-state index contributed by atoms with van der Waals surface area (Å²) in [5.41, 5.74) is 0.743. The van der Waals surface area contributed by atoms with Gasteiger partial charge in [-0.25, -0.2) is 9.18 Å².